The van der Waals surface area contributed by atoms with Crippen molar-refractivity contribution in [3.8, 4) is 17.2 Å². The lowest BCUT2D eigenvalue weighted by atomic mass is 9.92. The number of rotatable bonds is 2. The summed E-state index contributed by atoms with van der Waals surface area (Å²) in [4.78, 5) is 10.9. The molecule has 4 nitrogen and oxygen atoms in total. The molecule has 0 aliphatic rings. The van der Waals surface area contributed by atoms with Gasteiger partial charge < -0.3 is 4.42 Å². The number of fused-ring (bicyclic) bond motifs is 10. The van der Waals surface area contributed by atoms with Crippen LogP contribution in [0.15, 0.2) is 144 Å². The predicted molar refractivity (Wildman–Crippen MR) is 190 cm³/mol. The molecule has 11 rings (SSSR count). The van der Waals surface area contributed by atoms with Gasteiger partial charge in [-0.15, -0.1) is 0 Å². The highest BCUT2D eigenvalue weighted by Crippen LogP contribution is 2.46. The van der Waals surface area contributed by atoms with E-state index in [1.165, 1.54) is 43.1 Å². The van der Waals surface area contributed by atoms with Gasteiger partial charge in [0, 0.05) is 32.5 Å². The minimum atomic E-state index is 0.648. The van der Waals surface area contributed by atoms with E-state index >= 15 is 0 Å². The number of para-hydroxylation sites is 1. The van der Waals surface area contributed by atoms with E-state index < -0.39 is 0 Å². The topological polar surface area (TPSA) is 43.9 Å². The molecule has 0 aliphatic carbocycles. The van der Waals surface area contributed by atoms with Gasteiger partial charge in [0.05, 0.1) is 27.6 Å². The lowest BCUT2D eigenvalue weighted by Gasteiger charge is -2.13. The van der Waals surface area contributed by atoms with E-state index in [0.717, 1.165) is 55.1 Å². The lowest BCUT2D eigenvalue weighted by molar-refractivity contribution is 0.669. The fourth-order valence-corrected chi connectivity index (χ4v) is 7.83. The first kappa shape index (κ1) is 24.1. The van der Waals surface area contributed by atoms with Crippen LogP contribution in [0.1, 0.15) is 0 Å². The van der Waals surface area contributed by atoms with Crippen molar-refractivity contribution < 1.29 is 4.42 Å². The second-order valence-corrected chi connectivity index (χ2v) is 12.1. The van der Waals surface area contributed by atoms with Crippen LogP contribution in [-0.2, 0) is 0 Å². The molecule has 4 heteroatoms. The molecule has 11 aromatic rings. The van der Waals surface area contributed by atoms with Crippen LogP contribution in [0, 0.1) is 0 Å². The summed E-state index contributed by atoms with van der Waals surface area (Å²) in [6.07, 6.45) is 0. The summed E-state index contributed by atoms with van der Waals surface area (Å²) in [7, 11) is 0. The van der Waals surface area contributed by atoms with Crippen molar-refractivity contribution in [1.29, 1.82) is 0 Å². The number of nitrogens with zero attached hydrogens (tertiary/aromatic N) is 3. The first-order valence-electron chi connectivity index (χ1n) is 15.6. The molecule has 8 aromatic carbocycles. The minimum Gasteiger partial charge on any atom is -0.456 e. The monoisotopic (exact) mass is 585 g/mol. The van der Waals surface area contributed by atoms with Gasteiger partial charge in [0.25, 0.3) is 0 Å². The molecule has 0 unspecified atom stereocenters. The summed E-state index contributed by atoms with van der Waals surface area (Å²) in [6.45, 7) is 0. The summed E-state index contributed by atoms with van der Waals surface area (Å²) in [5, 5.41) is 12.9. The van der Waals surface area contributed by atoms with Gasteiger partial charge in [-0.1, -0.05) is 109 Å². The molecule has 0 radical (unpaired) electrons. The second kappa shape index (κ2) is 8.68. The smallest absolute Gasteiger partial charge is 0.235 e. The Balaban J connectivity index is 1.40. The van der Waals surface area contributed by atoms with E-state index in [1.54, 1.807) is 0 Å². The Morgan fingerprint density at radius 1 is 0.457 bits per heavy atom. The Morgan fingerprint density at radius 2 is 1.17 bits per heavy atom. The predicted octanol–water partition coefficient (Wildman–Crippen LogP) is 11.2. The van der Waals surface area contributed by atoms with Gasteiger partial charge >= 0.3 is 0 Å². The van der Waals surface area contributed by atoms with E-state index in [2.05, 4.69) is 126 Å². The van der Waals surface area contributed by atoms with Crippen molar-refractivity contribution in [3.05, 3.63) is 140 Å². The van der Waals surface area contributed by atoms with Crippen molar-refractivity contribution in [2.24, 2.45) is 0 Å². The van der Waals surface area contributed by atoms with Crippen LogP contribution in [0.4, 0.5) is 0 Å². The largest absolute Gasteiger partial charge is 0.456 e. The number of hydrogen-bond donors (Lipinski definition) is 0. The van der Waals surface area contributed by atoms with Crippen LogP contribution >= 0.6 is 0 Å². The third-order valence-electron chi connectivity index (χ3n) is 9.73. The molecular formula is C42H23N3O. The highest BCUT2D eigenvalue weighted by molar-refractivity contribution is 6.38. The standard InChI is InChI=1S/C42H23N3O/c1-2-11-24(12-3-1)39-31-21-22-35-37(30-17-8-9-20-34(30)46-35)40(31)44-42(43-39)45-33-19-10-18-29-27-15-6-7-16-28(27)32-23-25-13-4-5-14-26(25)41(45)38(32)36(29)33/h1-23H. The Bertz CT molecular complexity index is 3020. The van der Waals surface area contributed by atoms with Crippen LogP contribution in [0.3, 0.4) is 0 Å². The molecule has 0 aliphatic heterocycles. The first-order chi connectivity index (χ1) is 22.8. The Morgan fingerprint density at radius 3 is 2.04 bits per heavy atom. The van der Waals surface area contributed by atoms with Gasteiger partial charge in [-0.05, 0) is 57.3 Å². The molecule has 46 heavy (non-hydrogen) atoms. The zero-order valence-electron chi connectivity index (χ0n) is 24.5. The fourth-order valence-electron chi connectivity index (χ4n) is 7.83. The average molecular weight is 586 g/mol. The molecule has 212 valence electrons. The van der Waals surface area contributed by atoms with Crippen LogP contribution in [0.2, 0.25) is 0 Å². The van der Waals surface area contributed by atoms with Crippen LogP contribution in [0.5, 0.6) is 0 Å². The zero-order chi connectivity index (χ0) is 29.9. The third kappa shape index (κ3) is 3.03. The Kier molecular flexibility index (Phi) is 4.55. The van der Waals surface area contributed by atoms with Gasteiger partial charge in [-0.2, -0.15) is 0 Å². The lowest BCUT2D eigenvalue weighted by Crippen LogP contribution is -2.04. The number of aromatic nitrogens is 3. The van der Waals surface area contributed by atoms with Crippen molar-refractivity contribution in [2.45, 2.75) is 0 Å². The maximum Gasteiger partial charge on any atom is 0.235 e. The normalized spacial score (nSPS) is 12.3. The van der Waals surface area contributed by atoms with Crippen molar-refractivity contribution in [1.82, 2.24) is 14.5 Å². The van der Waals surface area contributed by atoms with E-state index in [-0.39, 0.29) is 0 Å². The highest BCUT2D eigenvalue weighted by atomic mass is 16.3. The van der Waals surface area contributed by atoms with Crippen LogP contribution < -0.4 is 0 Å². The number of benzene rings is 8. The molecule has 0 bridgehead atoms. The molecule has 0 N–H and O–H groups in total. The summed E-state index contributed by atoms with van der Waals surface area (Å²) >= 11 is 0. The number of hydrogen-bond acceptors (Lipinski definition) is 3. The van der Waals surface area contributed by atoms with Crippen molar-refractivity contribution in [3.63, 3.8) is 0 Å². The van der Waals surface area contributed by atoms with E-state index in [0.29, 0.717) is 5.95 Å². The highest BCUT2D eigenvalue weighted by Gasteiger charge is 2.24. The molecule has 0 fully saturated rings. The zero-order valence-corrected chi connectivity index (χ0v) is 24.5. The van der Waals surface area contributed by atoms with Gasteiger partial charge in [-0.25, -0.2) is 9.97 Å². The summed E-state index contributed by atoms with van der Waals surface area (Å²) in [5.74, 6) is 0.648. The molecule has 0 saturated heterocycles. The molecule has 0 spiro atoms. The quantitative estimate of drug-likeness (QED) is 0.150. The summed E-state index contributed by atoms with van der Waals surface area (Å²) < 4.78 is 8.65. The van der Waals surface area contributed by atoms with E-state index in [4.69, 9.17) is 14.4 Å². The molecule has 3 heterocycles. The first-order valence-corrected chi connectivity index (χ1v) is 15.6. The van der Waals surface area contributed by atoms with E-state index in [9.17, 15) is 0 Å². The van der Waals surface area contributed by atoms with E-state index in [1.807, 2.05) is 18.2 Å². The maximum absolute atomic E-state index is 6.34. The molecule has 3 aromatic heterocycles. The molecule has 0 saturated carbocycles. The van der Waals surface area contributed by atoms with Gasteiger partial charge in [0.1, 0.15) is 11.2 Å². The summed E-state index contributed by atoms with van der Waals surface area (Å²) in [6, 6.07) is 49.3. The fraction of sp³-hybridized carbons (Fsp3) is 0. The van der Waals surface area contributed by atoms with Gasteiger partial charge in [-0.3, -0.25) is 4.57 Å². The molecule has 0 amide bonds. The third-order valence-corrected chi connectivity index (χ3v) is 9.73. The van der Waals surface area contributed by atoms with Crippen molar-refractivity contribution in [2.75, 3.05) is 0 Å². The Labute approximate surface area is 262 Å². The van der Waals surface area contributed by atoms with Gasteiger partial charge in [0.2, 0.25) is 5.95 Å². The second-order valence-electron chi connectivity index (χ2n) is 12.1. The molecule has 0 atom stereocenters. The average Bonchev–Trinajstić information content (AvgIpc) is 3.68. The van der Waals surface area contributed by atoms with Gasteiger partial charge in [0.15, 0.2) is 0 Å². The van der Waals surface area contributed by atoms with Crippen molar-refractivity contribution >= 4 is 87.0 Å². The van der Waals surface area contributed by atoms with Crippen LogP contribution in [0.25, 0.3) is 104 Å². The number of furan rings is 1. The SMILES string of the molecule is c1ccc(-c2nc(-n3c4cccc5c6ccccc6c6cc7ccccc7c3c6c54)nc3c2ccc2oc4ccccc4c23)cc1. The minimum absolute atomic E-state index is 0.648. The van der Waals surface area contributed by atoms with Crippen LogP contribution in [-0.4, -0.2) is 14.5 Å². The Hall–Kier alpha value is -6.26. The molecular weight excluding hydrogens is 562 g/mol. The maximum atomic E-state index is 6.34. The summed E-state index contributed by atoms with van der Waals surface area (Å²) in [5.41, 5.74) is 6.74.